The highest BCUT2D eigenvalue weighted by Crippen LogP contribution is 2.26. The summed E-state index contributed by atoms with van der Waals surface area (Å²) in [5.41, 5.74) is 1.63. The van der Waals surface area contributed by atoms with E-state index in [-0.39, 0.29) is 5.41 Å². The molecule has 86 valence electrons. The van der Waals surface area contributed by atoms with Gasteiger partial charge in [0.15, 0.2) is 0 Å². The van der Waals surface area contributed by atoms with Crippen LogP contribution in [0.4, 0.5) is 0 Å². The molecule has 0 aromatic rings. The van der Waals surface area contributed by atoms with Crippen molar-refractivity contribution < 1.29 is 0 Å². The summed E-state index contributed by atoms with van der Waals surface area (Å²) in [6.07, 6.45) is 3.66. The Hall–Kier alpha value is -0.570. The zero-order valence-electron chi connectivity index (χ0n) is 10.2. The van der Waals surface area contributed by atoms with Gasteiger partial charge in [0.1, 0.15) is 0 Å². The van der Waals surface area contributed by atoms with E-state index in [0.29, 0.717) is 6.04 Å². The Morgan fingerprint density at radius 1 is 1.27 bits per heavy atom. The number of nitrogens with zero attached hydrogens (tertiary/aromatic N) is 2. The maximum atomic E-state index is 4.81. The molecule has 0 spiro atoms. The molecule has 1 fully saturated rings. The van der Waals surface area contributed by atoms with E-state index in [4.69, 9.17) is 5.10 Å². The zero-order chi connectivity index (χ0) is 10.9. The van der Waals surface area contributed by atoms with Crippen LogP contribution in [0.5, 0.6) is 0 Å². The Kier molecular flexibility index (Phi) is 3.01. The summed E-state index contributed by atoms with van der Waals surface area (Å²) in [6.45, 7) is 10.2. The molecule has 0 bridgehead atoms. The topological polar surface area (TPSA) is 27.6 Å². The van der Waals surface area contributed by atoms with Gasteiger partial charge >= 0.3 is 0 Å². The van der Waals surface area contributed by atoms with Crippen molar-refractivity contribution in [2.75, 3.05) is 19.6 Å². The third-order valence-corrected chi connectivity index (χ3v) is 3.42. The molecule has 0 aromatic heterocycles. The lowest BCUT2D eigenvalue weighted by molar-refractivity contribution is 0.185. The van der Waals surface area contributed by atoms with Crippen molar-refractivity contribution in [3.05, 3.63) is 0 Å². The van der Waals surface area contributed by atoms with Crippen LogP contribution in [0.25, 0.3) is 0 Å². The van der Waals surface area contributed by atoms with E-state index < -0.39 is 0 Å². The Labute approximate surface area is 92.9 Å². The van der Waals surface area contributed by atoms with Gasteiger partial charge in [0.25, 0.3) is 0 Å². The van der Waals surface area contributed by atoms with Crippen LogP contribution in [0.1, 0.15) is 40.0 Å². The minimum absolute atomic E-state index is 0.252. The monoisotopic (exact) mass is 209 g/mol. The third-order valence-electron chi connectivity index (χ3n) is 3.42. The number of hydrazone groups is 1. The second-order valence-electron chi connectivity index (χ2n) is 5.69. The number of hydrogen-bond acceptors (Lipinski definition) is 3. The first-order valence-electron chi connectivity index (χ1n) is 6.13. The first kappa shape index (κ1) is 10.9. The summed E-state index contributed by atoms with van der Waals surface area (Å²) >= 11 is 0. The van der Waals surface area contributed by atoms with E-state index in [1.807, 2.05) is 0 Å². The van der Waals surface area contributed by atoms with Gasteiger partial charge in [0.2, 0.25) is 0 Å². The van der Waals surface area contributed by atoms with Gasteiger partial charge in [-0.15, -0.1) is 0 Å². The number of rotatable bonds is 1. The van der Waals surface area contributed by atoms with E-state index >= 15 is 0 Å². The Morgan fingerprint density at radius 2 is 1.93 bits per heavy atom. The predicted octanol–water partition coefficient (Wildman–Crippen LogP) is 1.85. The highest BCUT2D eigenvalue weighted by Gasteiger charge is 2.29. The van der Waals surface area contributed by atoms with E-state index in [1.54, 1.807) is 0 Å². The first-order chi connectivity index (χ1) is 7.07. The molecule has 0 aromatic carbocycles. The van der Waals surface area contributed by atoms with Crippen LogP contribution in [0, 0.1) is 5.41 Å². The van der Waals surface area contributed by atoms with Crippen LogP contribution in [0.2, 0.25) is 0 Å². The van der Waals surface area contributed by atoms with E-state index in [2.05, 4.69) is 31.1 Å². The predicted molar refractivity (Wildman–Crippen MR) is 64.1 cm³/mol. The maximum absolute atomic E-state index is 4.81. The fraction of sp³-hybridized carbons (Fsp3) is 0.917. The number of hydrogen-bond donors (Lipinski definition) is 1. The Balaban J connectivity index is 1.98. The van der Waals surface area contributed by atoms with Crippen LogP contribution in [-0.4, -0.2) is 36.4 Å². The minimum atomic E-state index is 0.252. The largest absolute Gasteiger partial charge is 0.317 e. The van der Waals surface area contributed by atoms with E-state index in [0.717, 1.165) is 26.1 Å². The lowest BCUT2D eigenvalue weighted by Gasteiger charge is -2.30. The summed E-state index contributed by atoms with van der Waals surface area (Å²) < 4.78 is 0. The lowest BCUT2D eigenvalue weighted by Crippen LogP contribution is -2.39. The molecule has 1 N–H and O–H groups in total. The van der Waals surface area contributed by atoms with E-state index in [9.17, 15) is 0 Å². The van der Waals surface area contributed by atoms with Gasteiger partial charge in [-0.05, 0) is 25.9 Å². The quantitative estimate of drug-likeness (QED) is 0.713. The first-order valence-corrected chi connectivity index (χ1v) is 6.13. The zero-order valence-corrected chi connectivity index (χ0v) is 10.2. The average Bonchev–Trinajstić information content (AvgIpc) is 2.67. The highest BCUT2D eigenvalue weighted by atomic mass is 15.5. The molecule has 0 atom stereocenters. The molecule has 0 amide bonds. The summed E-state index contributed by atoms with van der Waals surface area (Å²) in [7, 11) is 0. The van der Waals surface area contributed by atoms with Crippen molar-refractivity contribution in [1.82, 2.24) is 10.3 Å². The van der Waals surface area contributed by atoms with Crippen molar-refractivity contribution >= 4 is 5.71 Å². The van der Waals surface area contributed by atoms with Gasteiger partial charge in [-0.25, -0.2) is 0 Å². The standard InChI is InChI=1S/C12H23N3/c1-12(2,3)11-6-9-15(14-11)10-4-7-13-8-5-10/h10,13H,4-9H2,1-3H3. The molecule has 3 heteroatoms. The fourth-order valence-corrected chi connectivity index (χ4v) is 2.37. The van der Waals surface area contributed by atoms with Crippen LogP contribution in [-0.2, 0) is 0 Å². The lowest BCUT2D eigenvalue weighted by atomic mass is 9.89. The molecule has 1 saturated heterocycles. The molecular weight excluding hydrogens is 186 g/mol. The fourth-order valence-electron chi connectivity index (χ4n) is 2.37. The normalized spacial score (nSPS) is 24.5. The van der Waals surface area contributed by atoms with Crippen molar-refractivity contribution in [2.45, 2.75) is 46.1 Å². The summed E-state index contributed by atoms with van der Waals surface area (Å²) in [6, 6.07) is 0.686. The van der Waals surface area contributed by atoms with Crippen LogP contribution >= 0.6 is 0 Å². The molecule has 0 unspecified atom stereocenters. The van der Waals surface area contributed by atoms with Gasteiger partial charge in [-0.1, -0.05) is 20.8 Å². The van der Waals surface area contributed by atoms with Crippen molar-refractivity contribution in [3.63, 3.8) is 0 Å². The molecule has 2 rings (SSSR count). The average molecular weight is 209 g/mol. The van der Waals surface area contributed by atoms with Crippen LogP contribution in [0.15, 0.2) is 5.10 Å². The maximum Gasteiger partial charge on any atom is 0.0495 e. The van der Waals surface area contributed by atoms with Gasteiger partial charge in [-0.2, -0.15) is 5.10 Å². The molecule has 2 aliphatic rings. The summed E-state index contributed by atoms with van der Waals surface area (Å²) in [4.78, 5) is 0. The highest BCUT2D eigenvalue weighted by molar-refractivity contribution is 5.90. The van der Waals surface area contributed by atoms with Gasteiger partial charge in [0, 0.05) is 30.1 Å². The number of nitrogens with one attached hydrogen (secondary N) is 1. The van der Waals surface area contributed by atoms with Crippen LogP contribution in [0.3, 0.4) is 0 Å². The van der Waals surface area contributed by atoms with Gasteiger partial charge in [-0.3, -0.25) is 5.01 Å². The molecule has 2 heterocycles. The van der Waals surface area contributed by atoms with Crippen molar-refractivity contribution in [2.24, 2.45) is 10.5 Å². The molecular formula is C12H23N3. The summed E-state index contributed by atoms with van der Waals surface area (Å²) in [5, 5.41) is 10.5. The van der Waals surface area contributed by atoms with Crippen molar-refractivity contribution in [1.29, 1.82) is 0 Å². The summed E-state index contributed by atoms with van der Waals surface area (Å²) in [5.74, 6) is 0. The molecule has 15 heavy (non-hydrogen) atoms. The molecule has 0 aliphatic carbocycles. The molecule has 0 saturated carbocycles. The van der Waals surface area contributed by atoms with Gasteiger partial charge in [0.05, 0.1) is 0 Å². The van der Waals surface area contributed by atoms with E-state index in [1.165, 1.54) is 18.6 Å². The van der Waals surface area contributed by atoms with Crippen molar-refractivity contribution in [3.8, 4) is 0 Å². The van der Waals surface area contributed by atoms with Gasteiger partial charge < -0.3 is 5.32 Å². The Bertz CT molecular complexity index is 246. The number of piperidine rings is 1. The smallest absolute Gasteiger partial charge is 0.0495 e. The van der Waals surface area contributed by atoms with Crippen LogP contribution < -0.4 is 5.32 Å². The molecule has 3 nitrogen and oxygen atoms in total. The Morgan fingerprint density at radius 3 is 2.47 bits per heavy atom. The second-order valence-corrected chi connectivity index (χ2v) is 5.69. The molecule has 0 radical (unpaired) electrons. The second kappa shape index (κ2) is 4.12. The molecule has 2 aliphatic heterocycles. The third kappa shape index (κ3) is 2.51. The minimum Gasteiger partial charge on any atom is -0.317 e. The SMILES string of the molecule is CC(C)(C)C1=NN(C2CCNCC2)CC1.